The van der Waals surface area contributed by atoms with Gasteiger partial charge in [0.25, 0.3) is 5.56 Å². The van der Waals surface area contributed by atoms with Crippen molar-refractivity contribution in [2.24, 2.45) is 7.05 Å². The van der Waals surface area contributed by atoms with Gasteiger partial charge >= 0.3 is 6.03 Å². The number of aromatic nitrogens is 1. The largest absolute Gasteiger partial charge is 0.506 e. The number of hydrazine groups is 1. The Kier molecular flexibility index (Phi) is 4.93. The first-order valence-corrected chi connectivity index (χ1v) is 9.49. The molecule has 1 aliphatic heterocycles. The molecule has 30 heavy (non-hydrogen) atoms. The number of carbonyl (C=O) groups is 1. The average molecular weight is 405 g/mol. The van der Waals surface area contributed by atoms with E-state index in [1.54, 1.807) is 37.4 Å². The van der Waals surface area contributed by atoms with Gasteiger partial charge < -0.3 is 19.9 Å². The van der Waals surface area contributed by atoms with Crippen LogP contribution in [0.3, 0.4) is 0 Å². The van der Waals surface area contributed by atoms with Crippen molar-refractivity contribution in [1.29, 1.82) is 0 Å². The number of anilines is 1. The van der Waals surface area contributed by atoms with Crippen molar-refractivity contribution in [2.45, 2.75) is 6.04 Å². The summed E-state index contributed by atoms with van der Waals surface area (Å²) in [5.74, 6) is -0.163. The summed E-state index contributed by atoms with van der Waals surface area (Å²) in [6, 6.07) is 14.0. The molecule has 0 saturated carbocycles. The molecule has 1 aliphatic rings. The number of hydrogen-bond donors (Lipinski definition) is 4. The molecule has 8 nitrogen and oxygen atoms in total. The molecule has 3 aromatic rings. The molecule has 0 radical (unpaired) electrons. The molecular formula is C22H23N5O3. The Bertz CT molecular complexity index is 1210. The van der Waals surface area contributed by atoms with Crippen LogP contribution in [0.1, 0.15) is 17.2 Å². The summed E-state index contributed by atoms with van der Waals surface area (Å²) in [7, 11) is 5.55. The fourth-order valence-corrected chi connectivity index (χ4v) is 3.57. The zero-order valence-electron chi connectivity index (χ0n) is 16.9. The number of fused-ring (bicyclic) bond motifs is 1. The zero-order chi connectivity index (χ0) is 21.4. The Hall–Kier alpha value is -3.78. The Morgan fingerprint density at radius 2 is 1.73 bits per heavy atom. The van der Waals surface area contributed by atoms with E-state index in [1.165, 1.54) is 4.57 Å². The minimum absolute atomic E-state index is 0.0463. The fraction of sp³-hybridized carbons (Fsp3) is 0.182. The van der Waals surface area contributed by atoms with Gasteiger partial charge in [0.05, 0.1) is 17.3 Å². The second-order valence-electron chi connectivity index (χ2n) is 7.37. The van der Waals surface area contributed by atoms with Crippen molar-refractivity contribution < 1.29 is 9.90 Å². The molecule has 1 atom stereocenters. The van der Waals surface area contributed by atoms with Crippen molar-refractivity contribution >= 4 is 28.3 Å². The maximum atomic E-state index is 13.0. The molecule has 154 valence electrons. The smallest absolute Gasteiger partial charge is 0.333 e. The Balaban J connectivity index is 1.86. The molecule has 2 aromatic carbocycles. The minimum atomic E-state index is -0.525. The zero-order valence-corrected chi connectivity index (χ0v) is 16.9. The van der Waals surface area contributed by atoms with E-state index in [0.717, 1.165) is 11.3 Å². The second kappa shape index (κ2) is 7.57. The summed E-state index contributed by atoms with van der Waals surface area (Å²) in [5.41, 5.74) is 7.93. The van der Waals surface area contributed by atoms with E-state index in [-0.39, 0.29) is 17.0 Å². The highest BCUT2D eigenvalue weighted by Crippen LogP contribution is 2.31. The number of para-hydroxylation sites is 1. The van der Waals surface area contributed by atoms with Gasteiger partial charge in [0, 0.05) is 32.2 Å². The standard InChI is InChI=1S/C22H23N5O3/c1-26(2)14-10-8-13(9-11-14)16-12-17(23-22(30)25-24-16)19-20(28)15-6-4-5-7-18(15)27(3)21(19)29/h4-12,16,24,28H,1-3H3,(H2,23,25,30)/t16-/m1/s1. The van der Waals surface area contributed by atoms with Crippen LogP contribution in [0.2, 0.25) is 0 Å². The molecule has 4 N–H and O–H groups in total. The highest BCUT2D eigenvalue weighted by Gasteiger charge is 2.24. The average Bonchev–Trinajstić information content (AvgIpc) is 2.94. The third-order valence-electron chi connectivity index (χ3n) is 5.24. The summed E-state index contributed by atoms with van der Waals surface area (Å²) in [6.07, 6.45) is 1.72. The molecule has 0 fully saturated rings. The topological polar surface area (TPSA) is 98.6 Å². The van der Waals surface area contributed by atoms with Gasteiger partial charge in [-0.2, -0.15) is 0 Å². The lowest BCUT2D eigenvalue weighted by molar-refractivity contribution is 0.240. The number of urea groups is 1. The van der Waals surface area contributed by atoms with E-state index >= 15 is 0 Å². The third kappa shape index (κ3) is 3.37. The van der Waals surface area contributed by atoms with Crippen molar-refractivity contribution in [3.05, 3.63) is 76.1 Å². The van der Waals surface area contributed by atoms with Crippen LogP contribution in [0.4, 0.5) is 10.5 Å². The fourth-order valence-electron chi connectivity index (χ4n) is 3.57. The number of carbonyl (C=O) groups excluding carboxylic acids is 1. The Labute approximate surface area is 173 Å². The third-order valence-corrected chi connectivity index (χ3v) is 5.24. The van der Waals surface area contributed by atoms with E-state index in [2.05, 4.69) is 16.2 Å². The first-order valence-electron chi connectivity index (χ1n) is 9.49. The van der Waals surface area contributed by atoms with Crippen LogP contribution in [-0.4, -0.2) is 29.8 Å². The maximum Gasteiger partial charge on any atom is 0.333 e. The molecule has 0 unspecified atom stereocenters. The van der Waals surface area contributed by atoms with Crippen molar-refractivity contribution in [3.63, 3.8) is 0 Å². The maximum absolute atomic E-state index is 13.0. The van der Waals surface area contributed by atoms with Gasteiger partial charge in [-0.3, -0.25) is 10.2 Å². The van der Waals surface area contributed by atoms with Gasteiger partial charge in [-0.05, 0) is 35.9 Å². The number of benzene rings is 2. The number of aryl methyl sites for hydroxylation is 1. The summed E-state index contributed by atoms with van der Waals surface area (Å²) in [5, 5.41) is 14.1. The lowest BCUT2D eigenvalue weighted by atomic mass is 10.0. The SMILES string of the molecule is CN(C)c1ccc([C@H]2C=C(c3c(O)c4ccccc4n(C)c3=O)NC(=O)NN2)cc1. The van der Waals surface area contributed by atoms with Crippen molar-refractivity contribution in [1.82, 2.24) is 20.7 Å². The molecule has 1 aromatic heterocycles. The molecule has 8 heteroatoms. The van der Waals surface area contributed by atoms with Crippen LogP contribution in [0.25, 0.3) is 16.6 Å². The number of rotatable bonds is 3. The van der Waals surface area contributed by atoms with Crippen LogP contribution >= 0.6 is 0 Å². The van der Waals surface area contributed by atoms with E-state index in [1.807, 2.05) is 43.3 Å². The lowest BCUT2D eigenvalue weighted by Gasteiger charge is -2.17. The predicted octanol–water partition coefficient (Wildman–Crippen LogP) is 2.21. The number of nitrogens with zero attached hydrogens (tertiary/aromatic N) is 2. The molecule has 2 amide bonds. The van der Waals surface area contributed by atoms with Crippen LogP contribution in [0, 0.1) is 0 Å². The Morgan fingerprint density at radius 3 is 2.43 bits per heavy atom. The predicted molar refractivity (Wildman–Crippen MR) is 117 cm³/mol. The van der Waals surface area contributed by atoms with Crippen LogP contribution < -0.4 is 26.6 Å². The van der Waals surface area contributed by atoms with Gasteiger partial charge in [-0.15, -0.1) is 0 Å². The van der Waals surface area contributed by atoms with E-state index < -0.39 is 17.6 Å². The van der Waals surface area contributed by atoms with Gasteiger partial charge in [-0.1, -0.05) is 24.3 Å². The van der Waals surface area contributed by atoms with Crippen molar-refractivity contribution in [3.8, 4) is 5.75 Å². The highest BCUT2D eigenvalue weighted by atomic mass is 16.3. The van der Waals surface area contributed by atoms with E-state index in [0.29, 0.717) is 10.9 Å². The highest BCUT2D eigenvalue weighted by molar-refractivity contribution is 5.94. The molecule has 0 saturated heterocycles. The van der Waals surface area contributed by atoms with E-state index in [9.17, 15) is 14.7 Å². The summed E-state index contributed by atoms with van der Waals surface area (Å²) in [4.78, 5) is 27.3. The number of hydrogen-bond acceptors (Lipinski definition) is 5. The molecule has 4 rings (SSSR count). The van der Waals surface area contributed by atoms with Crippen molar-refractivity contribution in [2.75, 3.05) is 19.0 Å². The molecular weight excluding hydrogens is 382 g/mol. The molecule has 0 bridgehead atoms. The first-order chi connectivity index (χ1) is 14.4. The van der Waals surface area contributed by atoms with Crippen LogP contribution in [0.5, 0.6) is 5.75 Å². The quantitative estimate of drug-likeness (QED) is 0.536. The normalized spacial score (nSPS) is 16.4. The monoisotopic (exact) mass is 405 g/mol. The summed E-state index contributed by atoms with van der Waals surface area (Å²) >= 11 is 0. The summed E-state index contributed by atoms with van der Waals surface area (Å²) in [6.45, 7) is 0. The lowest BCUT2D eigenvalue weighted by Crippen LogP contribution is -2.42. The van der Waals surface area contributed by atoms with Gasteiger partial charge in [0.15, 0.2) is 0 Å². The molecule has 2 heterocycles. The van der Waals surface area contributed by atoms with E-state index in [4.69, 9.17) is 0 Å². The first kappa shape index (κ1) is 19.5. The second-order valence-corrected chi connectivity index (χ2v) is 7.37. The van der Waals surface area contributed by atoms with Crippen LogP contribution in [-0.2, 0) is 7.05 Å². The van der Waals surface area contributed by atoms with Gasteiger partial charge in [0.2, 0.25) is 0 Å². The van der Waals surface area contributed by atoms with Crippen LogP contribution in [0.15, 0.2) is 59.4 Å². The minimum Gasteiger partial charge on any atom is -0.506 e. The number of amides is 2. The number of pyridine rings is 1. The van der Waals surface area contributed by atoms with Gasteiger partial charge in [-0.25, -0.2) is 10.2 Å². The number of nitrogens with one attached hydrogen (secondary N) is 3. The molecule has 0 spiro atoms. The number of aromatic hydroxyl groups is 1. The Morgan fingerprint density at radius 1 is 1.03 bits per heavy atom. The molecule has 0 aliphatic carbocycles. The van der Waals surface area contributed by atoms with Gasteiger partial charge in [0.1, 0.15) is 11.3 Å². The summed E-state index contributed by atoms with van der Waals surface area (Å²) < 4.78 is 1.46.